The Bertz CT molecular complexity index is 1010. The summed E-state index contributed by atoms with van der Waals surface area (Å²) in [7, 11) is 1.63. The van der Waals surface area contributed by atoms with Gasteiger partial charge in [0.25, 0.3) is 0 Å². The number of hydrazone groups is 1. The molecule has 1 aromatic heterocycles. The molecule has 2 heterocycles. The van der Waals surface area contributed by atoms with Crippen LogP contribution in [0.3, 0.4) is 0 Å². The van der Waals surface area contributed by atoms with Gasteiger partial charge in [-0.1, -0.05) is 19.1 Å². The van der Waals surface area contributed by atoms with Gasteiger partial charge in [-0.05, 0) is 36.8 Å². The van der Waals surface area contributed by atoms with Gasteiger partial charge in [0.1, 0.15) is 11.3 Å². The van der Waals surface area contributed by atoms with Gasteiger partial charge in [-0.3, -0.25) is 4.79 Å². The third-order valence-corrected chi connectivity index (χ3v) is 4.61. The van der Waals surface area contributed by atoms with Crippen molar-refractivity contribution in [2.45, 2.75) is 19.8 Å². The molecule has 1 aliphatic heterocycles. The Kier molecular flexibility index (Phi) is 4.16. The molecule has 1 amide bonds. The van der Waals surface area contributed by atoms with Crippen molar-refractivity contribution in [3.05, 3.63) is 48.0 Å². The predicted octanol–water partition coefficient (Wildman–Crippen LogP) is 3.75. The quantitative estimate of drug-likeness (QED) is 0.778. The van der Waals surface area contributed by atoms with Crippen LogP contribution in [0.2, 0.25) is 0 Å². The van der Waals surface area contributed by atoms with E-state index in [1.165, 1.54) is 0 Å². The normalized spacial score (nSPS) is 17.1. The minimum atomic E-state index is -0.0401. The summed E-state index contributed by atoms with van der Waals surface area (Å²) in [5.41, 5.74) is 6.73. The van der Waals surface area contributed by atoms with Crippen LogP contribution < -0.4 is 10.2 Å². The highest BCUT2D eigenvalue weighted by molar-refractivity contribution is 6.07. The van der Waals surface area contributed by atoms with Crippen molar-refractivity contribution < 1.29 is 13.9 Å². The first kappa shape index (κ1) is 16.3. The molecule has 1 atom stereocenters. The molecule has 4 rings (SSSR count). The molecule has 1 N–H and O–H groups in total. The summed E-state index contributed by atoms with van der Waals surface area (Å²) in [6.45, 7) is 2.06. The Morgan fingerprint density at radius 3 is 2.92 bits per heavy atom. The zero-order chi connectivity index (χ0) is 18.1. The molecule has 0 aliphatic carbocycles. The van der Waals surface area contributed by atoms with Gasteiger partial charge in [0.15, 0.2) is 5.58 Å². The van der Waals surface area contributed by atoms with Crippen LogP contribution in [0.15, 0.2) is 52.0 Å². The number of carbonyl (C=O) groups excluding carboxylic acids is 1. The highest BCUT2D eigenvalue weighted by Gasteiger charge is 2.24. The lowest BCUT2D eigenvalue weighted by molar-refractivity contribution is -0.122. The topological polar surface area (TPSA) is 76.7 Å². The lowest BCUT2D eigenvalue weighted by atomic mass is 9.90. The van der Waals surface area contributed by atoms with Crippen LogP contribution in [0.1, 0.15) is 25.3 Å². The number of rotatable bonds is 4. The van der Waals surface area contributed by atoms with Crippen molar-refractivity contribution >= 4 is 22.7 Å². The van der Waals surface area contributed by atoms with E-state index in [-0.39, 0.29) is 11.8 Å². The van der Waals surface area contributed by atoms with Crippen LogP contribution >= 0.6 is 0 Å². The first-order valence-electron chi connectivity index (χ1n) is 8.59. The number of fused-ring (bicyclic) bond motifs is 1. The number of nitrogens with zero attached hydrogens (tertiary/aromatic N) is 2. The maximum absolute atomic E-state index is 11.6. The molecule has 0 bridgehead atoms. The zero-order valence-electron chi connectivity index (χ0n) is 14.7. The Morgan fingerprint density at radius 2 is 2.12 bits per heavy atom. The van der Waals surface area contributed by atoms with E-state index in [2.05, 4.69) is 22.4 Å². The second-order valence-electron chi connectivity index (χ2n) is 6.27. The summed E-state index contributed by atoms with van der Waals surface area (Å²) in [5, 5.41) is 4.27. The van der Waals surface area contributed by atoms with Gasteiger partial charge in [-0.15, -0.1) is 0 Å². The summed E-state index contributed by atoms with van der Waals surface area (Å²) in [5.74, 6) is 1.37. The fourth-order valence-electron chi connectivity index (χ4n) is 3.18. The Labute approximate surface area is 150 Å². The van der Waals surface area contributed by atoms with Crippen molar-refractivity contribution in [1.82, 2.24) is 10.4 Å². The van der Waals surface area contributed by atoms with E-state index in [4.69, 9.17) is 9.15 Å². The number of benzene rings is 2. The Hall–Kier alpha value is -3.15. The minimum absolute atomic E-state index is 0.0401. The van der Waals surface area contributed by atoms with Crippen molar-refractivity contribution in [1.29, 1.82) is 0 Å². The molecule has 3 aromatic rings. The molecule has 0 spiro atoms. The molecular formula is C20H19N3O3. The van der Waals surface area contributed by atoms with Crippen molar-refractivity contribution in [2.75, 3.05) is 7.11 Å². The first-order chi connectivity index (χ1) is 12.7. The molecule has 0 saturated heterocycles. The molecule has 2 aromatic carbocycles. The number of ether oxygens (including phenoxy) is 1. The molecule has 1 aliphatic rings. The second kappa shape index (κ2) is 6.63. The molecule has 0 fully saturated rings. The van der Waals surface area contributed by atoms with Crippen molar-refractivity contribution in [3.63, 3.8) is 0 Å². The number of carbonyl (C=O) groups is 1. The fraction of sp³-hybridized carbons (Fsp3) is 0.250. The smallest absolute Gasteiger partial charge is 0.240 e. The largest absolute Gasteiger partial charge is 0.497 e. The van der Waals surface area contributed by atoms with Gasteiger partial charge in [-0.25, -0.2) is 10.4 Å². The average Bonchev–Trinajstić information content (AvgIpc) is 3.11. The lowest BCUT2D eigenvalue weighted by Crippen LogP contribution is -2.33. The standard InChI is InChI=1S/C20H19N3O3/c1-3-12-11-18(24)22-23-19(12)13-7-8-16-17(10-13)26-20(21-16)14-5-4-6-15(9-14)25-2/h4-10,12H,3,11H2,1-2H3,(H,22,24). The summed E-state index contributed by atoms with van der Waals surface area (Å²) < 4.78 is 11.2. The number of amides is 1. The molecule has 26 heavy (non-hydrogen) atoms. The fourth-order valence-corrected chi connectivity index (χ4v) is 3.18. The van der Waals surface area contributed by atoms with Gasteiger partial charge in [0.05, 0.1) is 12.8 Å². The summed E-state index contributed by atoms with van der Waals surface area (Å²) in [6.07, 6.45) is 1.31. The maximum Gasteiger partial charge on any atom is 0.240 e. The van der Waals surface area contributed by atoms with Gasteiger partial charge in [-0.2, -0.15) is 5.10 Å². The molecule has 132 valence electrons. The highest BCUT2D eigenvalue weighted by Crippen LogP contribution is 2.29. The van der Waals surface area contributed by atoms with Crippen LogP contribution in [-0.2, 0) is 4.79 Å². The van der Waals surface area contributed by atoms with Crippen molar-refractivity contribution in [3.8, 4) is 17.2 Å². The second-order valence-corrected chi connectivity index (χ2v) is 6.27. The predicted molar refractivity (Wildman–Crippen MR) is 99.1 cm³/mol. The van der Waals surface area contributed by atoms with Crippen LogP contribution in [-0.4, -0.2) is 23.7 Å². The third kappa shape index (κ3) is 2.94. The average molecular weight is 349 g/mol. The third-order valence-electron chi connectivity index (χ3n) is 4.61. The zero-order valence-corrected chi connectivity index (χ0v) is 14.7. The number of hydrogen-bond donors (Lipinski definition) is 1. The number of nitrogens with one attached hydrogen (secondary N) is 1. The molecule has 0 radical (unpaired) electrons. The van der Waals surface area contributed by atoms with Crippen LogP contribution in [0, 0.1) is 5.92 Å². The van der Waals surface area contributed by atoms with E-state index < -0.39 is 0 Å². The number of hydrogen-bond acceptors (Lipinski definition) is 5. The van der Waals surface area contributed by atoms with Gasteiger partial charge < -0.3 is 9.15 Å². The van der Waals surface area contributed by atoms with Gasteiger partial charge in [0.2, 0.25) is 11.8 Å². The molecule has 1 unspecified atom stereocenters. The number of oxazole rings is 1. The maximum atomic E-state index is 11.6. The SMILES string of the molecule is CCC1CC(=O)NN=C1c1ccc2nc(-c3cccc(OC)c3)oc2c1. The number of aromatic nitrogens is 1. The van der Waals surface area contributed by atoms with E-state index in [0.29, 0.717) is 17.9 Å². The van der Waals surface area contributed by atoms with E-state index in [9.17, 15) is 4.79 Å². The van der Waals surface area contributed by atoms with Crippen LogP contribution in [0.4, 0.5) is 0 Å². The number of methoxy groups -OCH3 is 1. The summed E-state index contributed by atoms with van der Waals surface area (Å²) >= 11 is 0. The Balaban J connectivity index is 1.73. The highest BCUT2D eigenvalue weighted by atomic mass is 16.5. The van der Waals surface area contributed by atoms with E-state index in [0.717, 1.165) is 34.5 Å². The monoisotopic (exact) mass is 349 g/mol. The molecular weight excluding hydrogens is 330 g/mol. The minimum Gasteiger partial charge on any atom is -0.497 e. The van der Waals surface area contributed by atoms with Gasteiger partial charge >= 0.3 is 0 Å². The summed E-state index contributed by atoms with van der Waals surface area (Å²) in [4.78, 5) is 16.1. The first-order valence-corrected chi connectivity index (χ1v) is 8.59. The molecule has 6 nitrogen and oxygen atoms in total. The van der Waals surface area contributed by atoms with Crippen LogP contribution in [0.5, 0.6) is 5.75 Å². The van der Waals surface area contributed by atoms with E-state index >= 15 is 0 Å². The Morgan fingerprint density at radius 1 is 1.23 bits per heavy atom. The van der Waals surface area contributed by atoms with Crippen LogP contribution in [0.25, 0.3) is 22.6 Å². The van der Waals surface area contributed by atoms with E-state index in [1.807, 2.05) is 42.5 Å². The molecule has 0 saturated carbocycles. The van der Waals surface area contributed by atoms with E-state index in [1.54, 1.807) is 7.11 Å². The lowest BCUT2D eigenvalue weighted by Gasteiger charge is -2.21. The van der Waals surface area contributed by atoms with Crippen molar-refractivity contribution in [2.24, 2.45) is 11.0 Å². The summed E-state index contributed by atoms with van der Waals surface area (Å²) in [6, 6.07) is 13.4. The van der Waals surface area contributed by atoms with Gasteiger partial charge in [0, 0.05) is 23.5 Å². The molecule has 6 heteroatoms.